The van der Waals surface area contributed by atoms with Gasteiger partial charge in [-0.15, -0.1) is 10.2 Å². The Morgan fingerprint density at radius 1 is 1.45 bits per heavy atom. The predicted octanol–water partition coefficient (Wildman–Crippen LogP) is 3.47. The van der Waals surface area contributed by atoms with Crippen LogP contribution >= 0.6 is 34.7 Å². The minimum atomic E-state index is -0.118. The summed E-state index contributed by atoms with van der Waals surface area (Å²) in [7, 11) is 0. The van der Waals surface area contributed by atoms with Crippen molar-refractivity contribution < 1.29 is 4.79 Å². The van der Waals surface area contributed by atoms with Crippen molar-refractivity contribution in [3.8, 4) is 0 Å². The minimum absolute atomic E-state index is 0.0460. The number of carbonyl (C=O) groups is 1. The van der Waals surface area contributed by atoms with Crippen molar-refractivity contribution in [3.63, 3.8) is 0 Å². The molecular weight excluding hydrogens is 314 g/mol. The topological polar surface area (TPSA) is 54.9 Å². The highest BCUT2D eigenvalue weighted by Crippen LogP contribution is 2.24. The summed E-state index contributed by atoms with van der Waals surface area (Å²) in [4.78, 5) is 11.9. The van der Waals surface area contributed by atoms with Crippen molar-refractivity contribution in [1.82, 2.24) is 15.5 Å². The lowest BCUT2D eigenvalue weighted by atomic mass is 10.1. The van der Waals surface area contributed by atoms with Gasteiger partial charge < -0.3 is 5.32 Å². The maximum atomic E-state index is 11.9. The second kappa shape index (κ2) is 7.06. The number of nitrogens with zero attached hydrogens (tertiary/aromatic N) is 2. The zero-order valence-electron chi connectivity index (χ0n) is 11.1. The van der Waals surface area contributed by atoms with Gasteiger partial charge in [-0.1, -0.05) is 52.9 Å². The van der Waals surface area contributed by atoms with Crippen LogP contribution in [0.1, 0.15) is 23.5 Å². The molecular formula is C13H14ClN3OS2. The number of hydrogen-bond donors (Lipinski definition) is 1. The molecule has 0 aliphatic carbocycles. The van der Waals surface area contributed by atoms with Gasteiger partial charge in [0, 0.05) is 5.02 Å². The van der Waals surface area contributed by atoms with E-state index in [4.69, 9.17) is 11.6 Å². The van der Waals surface area contributed by atoms with Gasteiger partial charge in [0.1, 0.15) is 5.01 Å². The van der Waals surface area contributed by atoms with Crippen LogP contribution in [0.15, 0.2) is 28.6 Å². The molecule has 1 unspecified atom stereocenters. The summed E-state index contributed by atoms with van der Waals surface area (Å²) in [5, 5.41) is 12.4. The fourth-order valence-electron chi connectivity index (χ4n) is 1.65. The van der Waals surface area contributed by atoms with E-state index in [9.17, 15) is 4.79 Å². The maximum Gasteiger partial charge on any atom is 0.230 e. The van der Waals surface area contributed by atoms with Crippen LogP contribution in [0, 0.1) is 6.92 Å². The van der Waals surface area contributed by atoms with E-state index in [0.29, 0.717) is 10.8 Å². The number of hydrogen-bond acceptors (Lipinski definition) is 5. The summed E-state index contributed by atoms with van der Waals surface area (Å²) < 4.78 is 0.808. The summed E-state index contributed by atoms with van der Waals surface area (Å²) in [6, 6.07) is 7.39. The number of amides is 1. The van der Waals surface area contributed by atoms with Gasteiger partial charge in [-0.05, 0) is 25.5 Å². The standard InChI is InChI=1S/C13H14ClN3OS2/c1-8(10-5-3-4-6-11(10)14)15-12(18)7-19-13-17-16-9(2)20-13/h3-6,8H,7H2,1-2H3,(H,15,18). The number of aromatic nitrogens is 2. The number of carbonyl (C=O) groups excluding carboxylic acids is 1. The molecule has 0 spiro atoms. The largest absolute Gasteiger partial charge is 0.349 e. The van der Waals surface area contributed by atoms with E-state index in [1.54, 1.807) is 0 Å². The highest BCUT2D eigenvalue weighted by Gasteiger charge is 2.13. The fraction of sp³-hybridized carbons (Fsp3) is 0.308. The normalized spacial score (nSPS) is 12.2. The number of nitrogens with one attached hydrogen (secondary N) is 1. The van der Waals surface area contributed by atoms with Crippen LogP contribution in [0.3, 0.4) is 0 Å². The van der Waals surface area contributed by atoms with Crippen LogP contribution in [-0.4, -0.2) is 21.9 Å². The molecule has 1 heterocycles. The van der Waals surface area contributed by atoms with E-state index < -0.39 is 0 Å². The first-order valence-electron chi connectivity index (χ1n) is 6.03. The van der Waals surface area contributed by atoms with E-state index in [2.05, 4.69) is 15.5 Å². The minimum Gasteiger partial charge on any atom is -0.349 e. The molecule has 0 saturated carbocycles. The van der Waals surface area contributed by atoms with Crippen LogP contribution < -0.4 is 5.32 Å². The summed E-state index contributed by atoms with van der Waals surface area (Å²) >= 11 is 8.98. The Bertz CT molecular complexity index is 603. The molecule has 0 aliphatic heterocycles. The third-order valence-corrected chi connectivity index (χ3v) is 4.90. The molecule has 4 nitrogen and oxygen atoms in total. The molecule has 20 heavy (non-hydrogen) atoms. The van der Waals surface area contributed by atoms with Crippen molar-refractivity contribution in [2.75, 3.05) is 5.75 Å². The highest BCUT2D eigenvalue weighted by molar-refractivity contribution is 8.01. The van der Waals surface area contributed by atoms with Crippen molar-refractivity contribution in [2.45, 2.75) is 24.2 Å². The number of aryl methyl sites for hydroxylation is 1. The predicted molar refractivity (Wildman–Crippen MR) is 83.4 cm³/mol. The summed E-state index contributed by atoms with van der Waals surface area (Å²) in [5.41, 5.74) is 0.916. The quantitative estimate of drug-likeness (QED) is 0.854. The number of rotatable bonds is 5. The zero-order chi connectivity index (χ0) is 14.5. The van der Waals surface area contributed by atoms with Crippen molar-refractivity contribution >= 4 is 40.6 Å². The monoisotopic (exact) mass is 327 g/mol. The van der Waals surface area contributed by atoms with Gasteiger partial charge in [-0.2, -0.15) is 0 Å². The van der Waals surface area contributed by atoms with Crippen molar-refractivity contribution in [1.29, 1.82) is 0 Å². The van der Waals surface area contributed by atoms with E-state index in [1.807, 2.05) is 38.1 Å². The second-order valence-corrected chi connectivity index (χ2v) is 7.00. The van der Waals surface area contributed by atoms with Gasteiger partial charge in [0.15, 0.2) is 4.34 Å². The number of benzene rings is 1. The molecule has 0 fully saturated rings. The molecule has 2 aromatic rings. The average Bonchev–Trinajstić information content (AvgIpc) is 2.82. The van der Waals surface area contributed by atoms with Gasteiger partial charge in [0.2, 0.25) is 5.91 Å². The van der Waals surface area contributed by atoms with E-state index in [0.717, 1.165) is 14.9 Å². The zero-order valence-corrected chi connectivity index (χ0v) is 13.5. The lowest BCUT2D eigenvalue weighted by Gasteiger charge is -2.15. The molecule has 1 amide bonds. The average molecular weight is 328 g/mol. The van der Waals surface area contributed by atoms with Crippen LogP contribution in [0.2, 0.25) is 5.02 Å². The Kier molecular flexibility index (Phi) is 5.39. The first-order chi connectivity index (χ1) is 9.56. The van der Waals surface area contributed by atoms with Gasteiger partial charge in [-0.25, -0.2) is 0 Å². The molecule has 0 bridgehead atoms. The van der Waals surface area contributed by atoms with Gasteiger partial charge in [0.05, 0.1) is 11.8 Å². The van der Waals surface area contributed by atoms with E-state index >= 15 is 0 Å². The molecule has 7 heteroatoms. The number of halogens is 1. The lowest BCUT2D eigenvalue weighted by molar-refractivity contribution is -0.119. The molecule has 0 aliphatic rings. The number of thioether (sulfide) groups is 1. The van der Waals surface area contributed by atoms with Gasteiger partial charge in [0.25, 0.3) is 0 Å². The Balaban J connectivity index is 1.87. The van der Waals surface area contributed by atoms with Gasteiger partial charge in [-0.3, -0.25) is 4.79 Å². The van der Waals surface area contributed by atoms with Crippen molar-refractivity contribution in [2.24, 2.45) is 0 Å². The Hall–Kier alpha value is -1.11. The van der Waals surface area contributed by atoms with Crippen LogP contribution in [0.4, 0.5) is 0 Å². The van der Waals surface area contributed by atoms with Crippen LogP contribution in [0.5, 0.6) is 0 Å². The third-order valence-electron chi connectivity index (χ3n) is 2.58. The third kappa shape index (κ3) is 4.19. The molecule has 1 atom stereocenters. The maximum absolute atomic E-state index is 11.9. The van der Waals surface area contributed by atoms with E-state index in [1.165, 1.54) is 23.1 Å². The first kappa shape index (κ1) is 15.3. The molecule has 1 aromatic carbocycles. The smallest absolute Gasteiger partial charge is 0.230 e. The molecule has 106 valence electrons. The SMILES string of the molecule is Cc1nnc(SCC(=O)NC(C)c2ccccc2Cl)s1. The van der Waals surface area contributed by atoms with Crippen LogP contribution in [0.25, 0.3) is 0 Å². The molecule has 1 N–H and O–H groups in total. The summed E-state index contributed by atoms with van der Waals surface area (Å²) in [5.74, 6) is 0.277. The highest BCUT2D eigenvalue weighted by atomic mass is 35.5. The Labute approximate surface area is 130 Å². The summed E-state index contributed by atoms with van der Waals surface area (Å²) in [6.45, 7) is 3.81. The second-order valence-electron chi connectivity index (χ2n) is 4.19. The Morgan fingerprint density at radius 3 is 2.85 bits per heavy atom. The fourth-order valence-corrected chi connectivity index (χ4v) is 3.58. The van der Waals surface area contributed by atoms with Crippen LogP contribution in [-0.2, 0) is 4.79 Å². The van der Waals surface area contributed by atoms with Crippen molar-refractivity contribution in [3.05, 3.63) is 39.9 Å². The molecule has 1 aromatic heterocycles. The molecule has 0 radical (unpaired) electrons. The summed E-state index contributed by atoms with van der Waals surface area (Å²) in [6.07, 6.45) is 0. The van der Waals surface area contributed by atoms with Gasteiger partial charge >= 0.3 is 0 Å². The first-order valence-corrected chi connectivity index (χ1v) is 8.21. The molecule has 0 saturated heterocycles. The Morgan fingerprint density at radius 2 is 2.20 bits per heavy atom. The lowest BCUT2D eigenvalue weighted by Crippen LogP contribution is -2.28. The molecule has 2 rings (SSSR count). The van der Waals surface area contributed by atoms with E-state index in [-0.39, 0.29) is 11.9 Å².